The number of hydrogen-bond donors (Lipinski definition) is 2. The first-order valence-corrected chi connectivity index (χ1v) is 6.85. The van der Waals surface area contributed by atoms with Gasteiger partial charge in [0.1, 0.15) is 0 Å². The van der Waals surface area contributed by atoms with Gasteiger partial charge >= 0.3 is 0 Å². The van der Waals surface area contributed by atoms with Gasteiger partial charge in [0.05, 0.1) is 0 Å². The monoisotopic (exact) mass is 312 g/mol. The van der Waals surface area contributed by atoms with Crippen LogP contribution in [0.25, 0.3) is 0 Å². The Bertz CT molecular complexity index is 422. The molecule has 0 radical (unpaired) electrons. The number of nitrogens with zero attached hydrogens (tertiary/aromatic N) is 1. The van der Waals surface area contributed by atoms with Crippen LogP contribution in [0.3, 0.4) is 0 Å². The Labute approximate surface area is 115 Å². The number of carbonyl (C=O) groups is 1. The number of anilines is 1. The molecule has 4 nitrogen and oxygen atoms in total. The first-order chi connectivity index (χ1) is 8.60. The third kappa shape index (κ3) is 3.03. The maximum absolute atomic E-state index is 12.3. The summed E-state index contributed by atoms with van der Waals surface area (Å²) in [4.78, 5) is 14.1. The van der Waals surface area contributed by atoms with Gasteiger partial charge in [-0.25, -0.2) is 0 Å². The van der Waals surface area contributed by atoms with Gasteiger partial charge in [0, 0.05) is 35.4 Å². The Morgan fingerprint density at radius 2 is 2.06 bits per heavy atom. The fourth-order valence-corrected chi connectivity index (χ4v) is 2.75. The number of piperidine rings is 1. The number of aliphatic hydroxyl groups is 1. The number of benzene rings is 1. The van der Waals surface area contributed by atoms with Gasteiger partial charge in [0.2, 0.25) is 0 Å². The molecule has 0 aliphatic carbocycles. The number of halogens is 1. The van der Waals surface area contributed by atoms with Crippen LogP contribution in [0.15, 0.2) is 22.7 Å². The lowest BCUT2D eigenvalue weighted by Gasteiger charge is -2.31. The first kappa shape index (κ1) is 13.4. The molecule has 0 aromatic heterocycles. The standard InChI is InChI=1S/C13H17BrN2O2/c14-11-5-10(6-12(15)7-11)13(18)16-3-1-9(8-17)2-4-16/h5-7,9,17H,1-4,8,15H2. The second kappa shape index (κ2) is 5.71. The maximum atomic E-state index is 12.3. The van der Waals surface area contributed by atoms with Crippen molar-refractivity contribution in [2.75, 3.05) is 25.4 Å². The highest BCUT2D eigenvalue weighted by molar-refractivity contribution is 9.10. The zero-order valence-corrected chi connectivity index (χ0v) is 11.7. The SMILES string of the molecule is Nc1cc(Br)cc(C(=O)N2CCC(CO)CC2)c1. The predicted octanol–water partition coefficient (Wildman–Crippen LogP) is 1.88. The van der Waals surface area contributed by atoms with Crippen LogP contribution in [0.2, 0.25) is 0 Å². The van der Waals surface area contributed by atoms with E-state index in [4.69, 9.17) is 10.8 Å². The van der Waals surface area contributed by atoms with Crippen molar-refractivity contribution in [2.45, 2.75) is 12.8 Å². The van der Waals surface area contributed by atoms with E-state index >= 15 is 0 Å². The molecule has 2 rings (SSSR count). The summed E-state index contributed by atoms with van der Waals surface area (Å²) >= 11 is 3.34. The minimum absolute atomic E-state index is 0.0133. The largest absolute Gasteiger partial charge is 0.399 e. The third-order valence-corrected chi connectivity index (χ3v) is 3.78. The summed E-state index contributed by atoms with van der Waals surface area (Å²) in [7, 11) is 0. The molecular weight excluding hydrogens is 296 g/mol. The smallest absolute Gasteiger partial charge is 0.253 e. The number of nitrogen functional groups attached to an aromatic ring is 1. The van der Waals surface area contributed by atoms with Crippen molar-refractivity contribution in [3.8, 4) is 0 Å². The summed E-state index contributed by atoms with van der Waals surface area (Å²) in [5.74, 6) is 0.348. The van der Waals surface area contributed by atoms with Gasteiger partial charge in [-0.15, -0.1) is 0 Å². The normalized spacial score (nSPS) is 16.9. The van der Waals surface area contributed by atoms with Crippen LogP contribution in [0, 0.1) is 5.92 Å². The molecule has 1 saturated heterocycles. The topological polar surface area (TPSA) is 66.6 Å². The minimum atomic E-state index is 0.0133. The van der Waals surface area contributed by atoms with Gasteiger partial charge in [0.15, 0.2) is 0 Å². The molecule has 3 N–H and O–H groups in total. The molecule has 5 heteroatoms. The highest BCUT2D eigenvalue weighted by Gasteiger charge is 2.23. The van der Waals surface area contributed by atoms with E-state index in [9.17, 15) is 4.79 Å². The van der Waals surface area contributed by atoms with Gasteiger partial charge in [-0.2, -0.15) is 0 Å². The van der Waals surface area contributed by atoms with Crippen LogP contribution in [-0.4, -0.2) is 35.6 Å². The van der Waals surface area contributed by atoms with Gasteiger partial charge < -0.3 is 15.7 Å². The molecule has 1 amide bonds. The molecule has 18 heavy (non-hydrogen) atoms. The third-order valence-electron chi connectivity index (χ3n) is 3.33. The molecule has 1 aliphatic heterocycles. The summed E-state index contributed by atoms with van der Waals surface area (Å²) in [5, 5.41) is 9.08. The van der Waals surface area contributed by atoms with E-state index in [0.29, 0.717) is 30.3 Å². The van der Waals surface area contributed by atoms with E-state index in [0.717, 1.165) is 17.3 Å². The Morgan fingerprint density at radius 3 is 2.61 bits per heavy atom. The zero-order chi connectivity index (χ0) is 13.1. The van der Waals surface area contributed by atoms with Crippen LogP contribution in [0.1, 0.15) is 23.2 Å². The molecule has 1 fully saturated rings. The Kier molecular flexibility index (Phi) is 4.24. The van der Waals surface area contributed by atoms with Crippen molar-refractivity contribution in [2.24, 2.45) is 5.92 Å². The molecular formula is C13H17BrN2O2. The number of likely N-dealkylation sites (tertiary alicyclic amines) is 1. The average Bonchev–Trinajstić information content (AvgIpc) is 2.37. The molecule has 1 aromatic rings. The number of rotatable bonds is 2. The fraction of sp³-hybridized carbons (Fsp3) is 0.462. The second-order valence-electron chi connectivity index (χ2n) is 4.69. The number of nitrogens with two attached hydrogens (primary N) is 1. The van der Waals surface area contributed by atoms with Gasteiger partial charge in [0.25, 0.3) is 5.91 Å². The number of aliphatic hydroxyl groups excluding tert-OH is 1. The lowest BCUT2D eigenvalue weighted by molar-refractivity contribution is 0.0651. The summed E-state index contributed by atoms with van der Waals surface area (Å²) in [6, 6.07) is 5.26. The van der Waals surface area contributed by atoms with Gasteiger partial charge in [-0.05, 0) is 37.0 Å². The molecule has 98 valence electrons. The van der Waals surface area contributed by atoms with Crippen molar-refractivity contribution in [3.05, 3.63) is 28.2 Å². The molecule has 0 atom stereocenters. The Balaban J connectivity index is 2.07. The van der Waals surface area contributed by atoms with Crippen LogP contribution in [-0.2, 0) is 0 Å². The first-order valence-electron chi connectivity index (χ1n) is 6.06. The van der Waals surface area contributed by atoms with E-state index in [1.54, 1.807) is 18.2 Å². The molecule has 1 heterocycles. The average molecular weight is 313 g/mol. The van der Waals surface area contributed by atoms with E-state index in [1.165, 1.54) is 0 Å². The van der Waals surface area contributed by atoms with Crippen LogP contribution in [0.4, 0.5) is 5.69 Å². The van der Waals surface area contributed by atoms with E-state index in [2.05, 4.69) is 15.9 Å². The molecule has 0 unspecified atom stereocenters. The quantitative estimate of drug-likeness (QED) is 0.819. The van der Waals surface area contributed by atoms with E-state index < -0.39 is 0 Å². The maximum Gasteiger partial charge on any atom is 0.253 e. The van der Waals surface area contributed by atoms with Gasteiger partial charge in [-0.3, -0.25) is 4.79 Å². The summed E-state index contributed by atoms with van der Waals surface area (Å²) in [6.45, 7) is 1.62. The van der Waals surface area contributed by atoms with E-state index in [1.807, 2.05) is 4.90 Å². The van der Waals surface area contributed by atoms with Crippen LogP contribution < -0.4 is 5.73 Å². The number of carbonyl (C=O) groups excluding carboxylic acids is 1. The molecule has 1 aliphatic rings. The number of hydrogen-bond acceptors (Lipinski definition) is 3. The molecule has 1 aromatic carbocycles. The van der Waals surface area contributed by atoms with Crippen molar-refractivity contribution < 1.29 is 9.90 Å². The highest BCUT2D eigenvalue weighted by atomic mass is 79.9. The lowest BCUT2D eigenvalue weighted by atomic mass is 9.97. The van der Waals surface area contributed by atoms with Crippen molar-refractivity contribution in [1.82, 2.24) is 4.90 Å². The lowest BCUT2D eigenvalue weighted by Crippen LogP contribution is -2.39. The van der Waals surface area contributed by atoms with Gasteiger partial charge in [-0.1, -0.05) is 15.9 Å². The summed E-state index contributed by atoms with van der Waals surface area (Å²) < 4.78 is 0.816. The highest BCUT2D eigenvalue weighted by Crippen LogP contribution is 2.22. The van der Waals surface area contributed by atoms with Crippen molar-refractivity contribution in [3.63, 3.8) is 0 Å². The zero-order valence-electron chi connectivity index (χ0n) is 10.1. The molecule has 0 saturated carbocycles. The summed E-state index contributed by atoms with van der Waals surface area (Å²) in [6.07, 6.45) is 1.73. The van der Waals surface area contributed by atoms with Crippen molar-refractivity contribution >= 4 is 27.5 Å². The van der Waals surface area contributed by atoms with Crippen LogP contribution >= 0.6 is 15.9 Å². The van der Waals surface area contributed by atoms with Crippen LogP contribution in [0.5, 0.6) is 0 Å². The number of amides is 1. The fourth-order valence-electron chi connectivity index (χ4n) is 2.24. The second-order valence-corrected chi connectivity index (χ2v) is 5.61. The Hall–Kier alpha value is -1.07. The minimum Gasteiger partial charge on any atom is -0.399 e. The Morgan fingerprint density at radius 1 is 1.39 bits per heavy atom. The molecule has 0 bridgehead atoms. The van der Waals surface area contributed by atoms with E-state index in [-0.39, 0.29) is 12.5 Å². The predicted molar refractivity (Wildman–Crippen MR) is 74.3 cm³/mol. The van der Waals surface area contributed by atoms with Crippen molar-refractivity contribution in [1.29, 1.82) is 0 Å². The summed E-state index contributed by atoms with van der Waals surface area (Å²) in [5.41, 5.74) is 6.93. The molecule has 0 spiro atoms.